The fourth-order valence-corrected chi connectivity index (χ4v) is 2.87. The van der Waals surface area contributed by atoms with E-state index in [-0.39, 0.29) is 24.6 Å². The van der Waals surface area contributed by atoms with Gasteiger partial charge in [0.25, 0.3) is 12.4 Å². The molecule has 4 N–H and O–H groups in total. The Labute approximate surface area is 138 Å². The summed E-state index contributed by atoms with van der Waals surface area (Å²) in [6, 6.07) is 3.39. The highest BCUT2D eigenvalue weighted by molar-refractivity contribution is 5.97. The maximum Gasteiger partial charge on any atom is 0.290 e. The maximum atomic E-state index is 11.5. The van der Waals surface area contributed by atoms with E-state index in [9.17, 15) is 9.59 Å². The number of carbonyl (C=O) groups excluding carboxylic acids is 2. The molecule has 2 amide bonds. The minimum Gasteiger partial charge on any atom is -0.483 e. The van der Waals surface area contributed by atoms with E-state index in [1.165, 1.54) is 0 Å². The number of nitrogens with zero attached hydrogens (tertiary/aromatic N) is 2. The van der Waals surface area contributed by atoms with Gasteiger partial charge < -0.3 is 25.8 Å². The van der Waals surface area contributed by atoms with E-state index in [4.69, 9.17) is 20.4 Å². The number of hydrogen-bond acceptors (Lipinski definition) is 6. The number of rotatable bonds is 2. The molecule has 2 fully saturated rings. The van der Waals surface area contributed by atoms with E-state index in [0.29, 0.717) is 31.0 Å². The lowest BCUT2D eigenvalue weighted by Crippen LogP contribution is -2.57. The fourth-order valence-electron chi connectivity index (χ4n) is 2.87. The highest BCUT2D eigenvalue weighted by Gasteiger charge is 2.39. The average molecular weight is 336 g/mol. The van der Waals surface area contributed by atoms with Crippen molar-refractivity contribution in [1.82, 2.24) is 10.3 Å². The highest BCUT2D eigenvalue weighted by atomic mass is 16.5. The molecule has 0 bridgehead atoms. The summed E-state index contributed by atoms with van der Waals surface area (Å²) < 4.78 is 5.73. The topological polar surface area (TPSA) is 135 Å². The van der Waals surface area contributed by atoms with Crippen molar-refractivity contribution in [3.63, 3.8) is 0 Å². The van der Waals surface area contributed by atoms with Gasteiger partial charge >= 0.3 is 0 Å². The number of primary amides is 1. The lowest BCUT2D eigenvalue weighted by molar-refractivity contribution is -0.146. The summed E-state index contributed by atoms with van der Waals surface area (Å²) in [5.41, 5.74) is 5.55. The number of morpholine rings is 1. The summed E-state index contributed by atoms with van der Waals surface area (Å²) in [4.78, 5) is 37.4. The van der Waals surface area contributed by atoms with Gasteiger partial charge in [0.15, 0.2) is 0 Å². The van der Waals surface area contributed by atoms with Crippen LogP contribution in [0.25, 0.3) is 0 Å². The summed E-state index contributed by atoms with van der Waals surface area (Å²) >= 11 is 0. The molecular formula is C15H20N4O5. The minimum absolute atomic E-state index is 0.0659. The molecule has 2 aliphatic rings. The van der Waals surface area contributed by atoms with Crippen molar-refractivity contribution in [3.8, 4) is 0 Å². The van der Waals surface area contributed by atoms with Crippen LogP contribution in [0, 0.1) is 0 Å². The first-order valence-electron chi connectivity index (χ1n) is 7.49. The molecule has 0 aromatic carbocycles. The smallest absolute Gasteiger partial charge is 0.290 e. The number of anilines is 1. The molecule has 24 heavy (non-hydrogen) atoms. The lowest BCUT2D eigenvalue weighted by Gasteiger charge is -2.44. The van der Waals surface area contributed by atoms with Gasteiger partial charge in [0.2, 0.25) is 5.91 Å². The Morgan fingerprint density at radius 1 is 1.46 bits per heavy atom. The SMILES string of the molecule is NC(=O)c1cccnc1N1CCC2(CC1)CNC(=O)CO2.O=CO. The molecule has 0 radical (unpaired) electrons. The molecule has 0 unspecified atom stereocenters. The first kappa shape index (κ1) is 17.7. The summed E-state index contributed by atoms with van der Waals surface area (Å²) in [5, 5.41) is 9.74. The van der Waals surface area contributed by atoms with Crippen molar-refractivity contribution < 1.29 is 24.2 Å². The lowest BCUT2D eigenvalue weighted by atomic mass is 9.90. The van der Waals surface area contributed by atoms with Crippen molar-refractivity contribution >= 4 is 24.1 Å². The molecule has 0 atom stereocenters. The molecule has 3 rings (SSSR count). The normalized spacial score (nSPS) is 19.0. The highest BCUT2D eigenvalue weighted by Crippen LogP contribution is 2.30. The standard InChI is InChI=1S/C14H18N4O3.CH2O2/c15-12(20)10-2-1-5-16-13(10)18-6-3-14(4-7-18)9-17-11(19)8-21-14;2-1-3/h1-2,5H,3-4,6-9H2,(H2,15,20)(H,17,19);1H,(H,2,3). The van der Waals surface area contributed by atoms with Crippen LogP contribution in [-0.4, -0.2) is 60.2 Å². The van der Waals surface area contributed by atoms with Crippen LogP contribution in [0.1, 0.15) is 23.2 Å². The maximum absolute atomic E-state index is 11.5. The summed E-state index contributed by atoms with van der Waals surface area (Å²) in [6.45, 7) is 1.85. The Morgan fingerprint density at radius 3 is 2.67 bits per heavy atom. The van der Waals surface area contributed by atoms with Crippen LogP contribution in [0.5, 0.6) is 0 Å². The van der Waals surface area contributed by atoms with Gasteiger partial charge in [0.1, 0.15) is 12.4 Å². The number of ether oxygens (including phenoxy) is 1. The molecule has 2 saturated heterocycles. The number of nitrogens with one attached hydrogen (secondary N) is 1. The molecule has 2 aliphatic heterocycles. The van der Waals surface area contributed by atoms with Gasteiger partial charge in [0.05, 0.1) is 11.2 Å². The van der Waals surface area contributed by atoms with Crippen LogP contribution in [0.15, 0.2) is 18.3 Å². The first-order chi connectivity index (χ1) is 11.5. The number of aromatic nitrogens is 1. The molecule has 1 aromatic rings. The van der Waals surface area contributed by atoms with Gasteiger partial charge in [0, 0.05) is 25.8 Å². The van der Waals surface area contributed by atoms with Crippen molar-refractivity contribution in [2.45, 2.75) is 18.4 Å². The molecule has 1 aromatic heterocycles. The number of hydrogen-bond donors (Lipinski definition) is 3. The molecule has 9 nitrogen and oxygen atoms in total. The van der Waals surface area contributed by atoms with Gasteiger partial charge in [-0.05, 0) is 25.0 Å². The van der Waals surface area contributed by atoms with E-state index >= 15 is 0 Å². The fraction of sp³-hybridized carbons (Fsp3) is 0.467. The third-order valence-electron chi connectivity index (χ3n) is 4.14. The monoisotopic (exact) mass is 336 g/mol. The molecular weight excluding hydrogens is 316 g/mol. The van der Waals surface area contributed by atoms with Crippen molar-refractivity contribution in [2.75, 3.05) is 31.1 Å². The number of nitrogens with two attached hydrogens (primary N) is 1. The molecule has 0 saturated carbocycles. The third kappa shape index (κ3) is 3.99. The number of pyridine rings is 1. The predicted molar refractivity (Wildman–Crippen MR) is 84.6 cm³/mol. The molecule has 130 valence electrons. The van der Waals surface area contributed by atoms with Crippen LogP contribution < -0.4 is 16.0 Å². The molecule has 3 heterocycles. The summed E-state index contributed by atoms with van der Waals surface area (Å²) in [7, 11) is 0. The second-order valence-corrected chi connectivity index (χ2v) is 5.58. The van der Waals surface area contributed by atoms with Crippen LogP contribution in [0.2, 0.25) is 0 Å². The van der Waals surface area contributed by atoms with Crippen LogP contribution in [-0.2, 0) is 14.3 Å². The Morgan fingerprint density at radius 2 is 2.12 bits per heavy atom. The number of carboxylic acid groups (broad SMARTS) is 1. The van der Waals surface area contributed by atoms with Crippen LogP contribution >= 0.6 is 0 Å². The van der Waals surface area contributed by atoms with Gasteiger partial charge in [-0.25, -0.2) is 4.98 Å². The zero-order valence-electron chi connectivity index (χ0n) is 13.1. The average Bonchev–Trinajstić information content (AvgIpc) is 2.59. The van der Waals surface area contributed by atoms with E-state index in [1.54, 1.807) is 18.3 Å². The Kier molecular flexibility index (Phi) is 5.69. The Balaban J connectivity index is 0.000000647. The largest absolute Gasteiger partial charge is 0.483 e. The second-order valence-electron chi connectivity index (χ2n) is 5.58. The minimum atomic E-state index is -0.473. The zero-order chi connectivity index (χ0) is 17.6. The van der Waals surface area contributed by atoms with E-state index < -0.39 is 5.91 Å². The molecule has 1 spiro atoms. The van der Waals surface area contributed by atoms with E-state index in [2.05, 4.69) is 10.3 Å². The Bertz CT molecular complexity index is 602. The molecule has 0 aliphatic carbocycles. The van der Waals surface area contributed by atoms with Crippen LogP contribution in [0.4, 0.5) is 5.82 Å². The summed E-state index contributed by atoms with van der Waals surface area (Å²) in [5.74, 6) is 0.0862. The van der Waals surface area contributed by atoms with Gasteiger partial charge in [-0.3, -0.25) is 14.4 Å². The van der Waals surface area contributed by atoms with Crippen LogP contribution in [0.3, 0.4) is 0 Å². The number of carbonyl (C=O) groups is 3. The predicted octanol–water partition coefficient (Wildman–Crippen LogP) is -0.633. The van der Waals surface area contributed by atoms with Gasteiger partial charge in [-0.15, -0.1) is 0 Å². The van der Waals surface area contributed by atoms with Gasteiger partial charge in [-0.2, -0.15) is 0 Å². The zero-order valence-corrected chi connectivity index (χ0v) is 13.1. The number of amides is 2. The summed E-state index contributed by atoms with van der Waals surface area (Å²) in [6.07, 6.45) is 3.22. The second kappa shape index (κ2) is 7.73. The number of piperidine rings is 1. The third-order valence-corrected chi connectivity index (χ3v) is 4.14. The molecule has 9 heteroatoms. The van der Waals surface area contributed by atoms with Crippen molar-refractivity contribution in [1.29, 1.82) is 0 Å². The first-order valence-corrected chi connectivity index (χ1v) is 7.49. The van der Waals surface area contributed by atoms with Gasteiger partial charge in [-0.1, -0.05) is 0 Å². The van der Waals surface area contributed by atoms with E-state index in [1.807, 2.05) is 4.90 Å². The Hall–Kier alpha value is -2.68. The quantitative estimate of drug-likeness (QED) is 0.612. The van der Waals surface area contributed by atoms with Crippen molar-refractivity contribution in [3.05, 3.63) is 23.9 Å². The van der Waals surface area contributed by atoms with Crippen molar-refractivity contribution in [2.24, 2.45) is 5.73 Å². The van der Waals surface area contributed by atoms with E-state index in [0.717, 1.165) is 12.8 Å².